The van der Waals surface area contributed by atoms with E-state index in [0.717, 1.165) is 41.0 Å². The summed E-state index contributed by atoms with van der Waals surface area (Å²) >= 11 is 5.51. The summed E-state index contributed by atoms with van der Waals surface area (Å²) in [7, 11) is 0. The maximum absolute atomic E-state index is 8.91. The molecule has 3 N–H and O–H groups in total. The summed E-state index contributed by atoms with van der Waals surface area (Å²) < 4.78 is 1.00. The Balaban J connectivity index is 2.34. The van der Waals surface area contributed by atoms with Crippen LogP contribution < -0.4 is 10.6 Å². The van der Waals surface area contributed by atoms with Crippen molar-refractivity contribution >= 4 is 39.2 Å². The van der Waals surface area contributed by atoms with Gasteiger partial charge in [0.05, 0.1) is 0 Å². The monoisotopic (exact) mass is 343 g/mol. The molecule has 1 aliphatic rings. The molecule has 0 aliphatic carbocycles. The number of nitrogens with two attached hydrogens (primary N) is 1. The fourth-order valence-corrected chi connectivity index (χ4v) is 3.75. The van der Waals surface area contributed by atoms with Crippen molar-refractivity contribution in [2.45, 2.75) is 18.6 Å². The van der Waals surface area contributed by atoms with E-state index in [4.69, 9.17) is 10.9 Å². The summed E-state index contributed by atoms with van der Waals surface area (Å²) in [5.41, 5.74) is 7.59. The Morgan fingerprint density at radius 3 is 3.11 bits per heavy atom. The predicted molar refractivity (Wildman–Crippen MR) is 85.4 cm³/mol. The van der Waals surface area contributed by atoms with Gasteiger partial charge in [-0.2, -0.15) is 11.8 Å². The third-order valence-corrected chi connectivity index (χ3v) is 5.14. The molecule has 0 spiro atoms. The lowest BCUT2D eigenvalue weighted by Gasteiger charge is -2.34. The van der Waals surface area contributed by atoms with Crippen molar-refractivity contribution < 1.29 is 5.21 Å². The van der Waals surface area contributed by atoms with Crippen LogP contribution in [0.3, 0.4) is 0 Å². The number of hydrogen-bond donors (Lipinski definition) is 2. The second-order valence-corrected chi connectivity index (χ2v) is 6.82. The summed E-state index contributed by atoms with van der Waals surface area (Å²) in [5.74, 6) is 1.27. The first-order valence-electron chi connectivity index (χ1n) is 6.29. The van der Waals surface area contributed by atoms with E-state index in [1.54, 1.807) is 0 Å². The maximum Gasteiger partial charge on any atom is 0.172 e. The zero-order chi connectivity index (χ0) is 13.8. The van der Waals surface area contributed by atoms with Crippen LogP contribution in [0.1, 0.15) is 18.9 Å². The quantitative estimate of drug-likeness (QED) is 0.383. The van der Waals surface area contributed by atoms with Crippen LogP contribution in [0.5, 0.6) is 0 Å². The average Bonchev–Trinajstić information content (AvgIpc) is 2.46. The largest absolute Gasteiger partial charge is 0.409 e. The Morgan fingerprint density at radius 1 is 1.63 bits per heavy atom. The minimum Gasteiger partial charge on any atom is -0.409 e. The number of halogens is 1. The van der Waals surface area contributed by atoms with Crippen LogP contribution in [0.25, 0.3) is 0 Å². The van der Waals surface area contributed by atoms with Crippen LogP contribution in [0.15, 0.2) is 27.8 Å². The fraction of sp³-hybridized carbons (Fsp3) is 0.462. The molecule has 19 heavy (non-hydrogen) atoms. The van der Waals surface area contributed by atoms with E-state index in [1.165, 1.54) is 0 Å². The van der Waals surface area contributed by atoms with E-state index in [2.05, 4.69) is 32.9 Å². The number of nitrogens with zero attached hydrogens (tertiary/aromatic N) is 2. The number of hydrogen-bond acceptors (Lipinski definition) is 4. The normalized spacial score (nSPS) is 20.6. The maximum atomic E-state index is 8.91. The molecule has 4 nitrogen and oxygen atoms in total. The minimum atomic E-state index is 0.161. The van der Waals surface area contributed by atoms with Gasteiger partial charge in [0.25, 0.3) is 0 Å². The summed E-state index contributed by atoms with van der Waals surface area (Å²) in [6, 6.07) is 5.83. The molecular formula is C13H18BrN3OS. The molecule has 6 heteroatoms. The standard InChI is InChI=1S/C13H18BrN3OS/c1-2-10-8-17(5-6-19-10)12-7-9(14)3-4-11(12)13(15)16-18/h3-4,7,10,18H,2,5-6,8H2,1H3,(H2,15,16). The van der Waals surface area contributed by atoms with Crippen molar-refractivity contribution in [3.05, 3.63) is 28.2 Å². The number of anilines is 1. The highest BCUT2D eigenvalue weighted by Crippen LogP contribution is 2.30. The first kappa shape index (κ1) is 14.5. The second-order valence-electron chi connectivity index (χ2n) is 4.49. The highest BCUT2D eigenvalue weighted by molar-refractivity contribution is 9.10. The molecule has 1 fully saturated rings. The minimum absolute atomic E-state index is 0.161. The number of thioether (sulfide) groups is 1. The van der Waals surface area contributed by atoms with Gasteiger partial charge in [-0.25, -0.2) is 0 Å². The summed E-state index contributed by atoms with van der Waals surface area (Å²) in [4.78, 5) is 2.32. The van der Waals surface area contributed by atoms with Gasteiger partial charge in [-0.05, 0) is 24.6 Å². The average molecular weight is 344 g/mol. The fourth-order valence-electron chi connectivity index (χ4n) is 2.22. The zero-order valence-electron chi connectivity index (χ0n) is 10.8. The molecule has 1 heterocycles. The number of rotatable bonds is 3. The molecule has 0 amide bonds. The first-order chi connectivity index (χ1) is 9.15. The van der Waals surface area contributed by atoms with Crippen LogP contribution in [0, 0.1) is 0 Å². The van der Waals surface area contributed by atoms with Gasteiger partial charge in [-0.1, -0.05) is 28.0 Å². The molecule has 1 aromatic carbocycles. The van der Waals surface area contributed by atoms with Gasteiger partial charge < -0.3 is 15.8 Å². The lowest BCUT2D eigenvalue weighted by Crippen LogP contribution is -2.38. The topological polar surface area (TPSA) is 61.8 Å². The van der Waals surface area contributed by atoms with Gasteiger partial charge in [0, 0.05) is 39.8 Å². The van der Waals surface area contributed by atoms with E-state index < -0.39 is 0 Å². The lowest BCUT2D eigenvalue weighted by atomic mass is 10.1. The highest BCUT2D eigenvalue weighted by Gasteiger charge is 2.22. The predicted octanol–water partition coefficient (Wildman–Crippen LogP) is 2.88. The molecule has 1 atom stereocenters. The number of oxime groups is 1. The van der Waals surface area contributed by atoms with E-state index >= 15 is 0 Å². The van der Waals surface area contributed by atoms with E-state index in [9.17, 15) is 0 Å². The molecule has 104 valence electrons. The van der Waals surface area contributed by atoms with Crippen LogP contribution in [-0.2, 0) is 0 Å². The Kier molecular flexibility index (Phi) is 4.99. The van der Waals surface area contributed by atoms with Crippen LogP contribution in [-0.4, -0.2) is 35.1 Å². The van der Waals surface area contributed by atoms with Crippen molar-refractivity contribution in [1.82, 2.24) is 0 Å². The molecule has 2 rings (SSSR count). The van der Waals surface area contributed by atoms with Gasteiger partial charge in [-0.15, -0.1) is 0 Å². The smallest absolute Gasteiger partial charge is 0.172 e. The third kappa shape index (κ3) is 3.36. The van der Waals surface area contributed by atoms with E-state index in [0.29, 0.717) is 5.25 Å². The van der Waals surface area contributed by atoms with Crippen molar-refractivity contribution in [3.8, 4) is 0 Å². The Morgan fingerprint density at radius 2 is 2.42 bits per heavy atom. The molecule has 1 aliphatic heterocycles. The van der Waals surface area contributed by atoms with E-state index in [1.807, 2.05) is 30.0 Å². The molecule has 0 saturated carbocycles. The molecule has 1 unspecified atom stereocenters. The van der Waals surface area contributed by atoms with E-state index in [-0.39, 0.29) is 5.84 Å². The lowest BCUT2D eigenvalue weighted by molar-refractivity contribution is 0.318. The Hall–Kier alpha value is -0.880. The summed E-state index contributed by atoms with van der Waals surface area (Å²) in [6.45, 7) is 4.21. The number of benzene rings is 1. The van der Waals surface area contributed by atoms with Gasteiger partial charge in [-0.3, -0.25) is 0 Å². The molecule has 0 radical (unpaired) electrons. The van der Waals surface area contributed by atoms with Gasteiger partial charge in [0.1, 0.15) is 0 Å². The zero-order valence-corrected chi connectivity index (χ0v) is 13.2. The van der Waals surface area contributed by atoms with Gasteiger partial charge in [0.15, 0.2) is 5.84 Å². The summed E-state index contributed by atoms with van der Waals surface area (Å²) in [5, 5.41) is 12.7. The van der Waals surface area contributed by atoms with Gasteiger partial charge in [0.2, 0.25) is 0 Å². The molecule has 1 aromatic rings. The first-order valence-corrected chi connectivity index (χ1v) is 8.14. The van der Waals surface area contributed by atoms with Crippen molar-refractivity contribution in [3.63, 3.8) is 0 Å². The Bertz CT molecular complexity index is 481. The molecular weight excluding hydrogens is 326 g/mol. The van der Waals surface area contributed by atoms with Crippen LogP contribution in [0.4, 0.5) is 5.69 Å². The second kappa shape index (κ2) is 6.52. The molecule has 1 saturated heterocycles. The highest BCUT2D eigenvalue weighted by atomic mass is 79.9. The third-order valence-electron chi connectivity index (χ3n) is 3.28. The van der Waals surface area contributed by atoms with Crippen molar-refractivity contribution in [1.29, 1.82) is 0 Å². The molecule has 0 aromatic heterocycles. The Labute approximate surface area is 126 Å². The van der Waals surface area contributed by atoms with Crippen LogP contribution >= 0.6 is 27.7 Å². The van der Waals surface area contributed by atoms with Crippen molar-refractivity contribution in [2.75, 3.05) is 23.7 Å². The number of amidine groups is 1. The summed E-state index contributed by atoms with van der Waals surface area (Å²) in [6.07, 6.45) is 1.16. The van der Waals surface area contributed by atoms with Crippen molar-refractivity contribution in [2.24, 2.45) is 10.9 Å². The van der Waals surface area contributed by atoms with Gasteiger partial charge >= 0.3 is 0 Å². The van der Waals surface area contributed by atoms with Crippen LogP contribution in [0.2, 0.25) is 0 Å². The molecule has 0 bridgehead atoms. The SMILES string of the molecule is CCC1CN(c2cc(Br)ccc2/C(N)=N/O)CCS1.